The average molecular weight is 575 g/mol. The van der Waals surface area contributed by atoms with E-state index >= 15 is 0 Å². The molecule has 1 aliphatic heterocycles. The van der Waals surface area contributed by atoms with E-state index in [0.717, 1.165) is 38.0 Å². The van der Waals surface area contributed by atoms with Gasteiger partial charge in [0.25, 0.3) is 0 Å². The van der Waals surface area contributed by atoms with Crippen molar-refractivity contribution in [1.29, 1.82) is 0 Å². The van der Waals surface area contributed by atoms with E-state index in [0.29, 0.717) is 12.5 Å². The molecule has 9 heteroatoms. The molecule has 0 amide bonds. The smallest absolute Gasteiger partial charge is 0.191 e. The van der Waals surface area contributed by atoms with Crippen molar-refractivity contribution in [3.8, 4) is 0 Å². The summed E-state index contributed by atoms with van der Waals surface area (Å²) in [5.74, 6) is -0.709. The van der Waals surface area contributed by atoms with Crippen molar-refractivity contribution in [2.45, 2.75) is 31.5 Å². The third-order valence-corrected chi connectivity index (χ3v) is 5.89. The van der Waals surface area contributed by atoms with Crippen LogP contribution in [0.1, 0.15) is 30.0 Å². The Balaban J connectivity index is 0.00000385. The summed E-state index contributed by atoms with van der Waals surface area (Å²) in [6.07, 6.45) is 1.89. The SMILES string of the molecule is CN=C(NCC(c1c(F)cccc1F)N(C)C)NC1CCN(Cc2ccc(F)cc2)CC1.I. The Labute approximate surface area is 211 Å². The molecule has 0 radical (unpaired) electrons. The summed E-state index contributed by atoms with van der Waals surface area (Å²) in [4.78, 5) is 8.43. The van der Waals surface area contributed by atoms with Crippen LogP contribution in [0.3, 0.4) is 0 Å². The minimum atomic E-state index is -0.554. The lowest BCUT2D eigenvalue weighted by atomic mass is 10.0. The molecule has 1 unspecified atom stereocenters. The van der Waals surface area contributed by atoms with E-state index in [-0.39, 0.29) is 41.4 Å². The largest absolute Gasteiger partial charge is 0.354 e. The van der Waals surface area contributed by atoms with Crippen LogP contribution in [0, 0.1) is 17.5 Å². The number of benzene rings is 2. The number of likely N-dealkylation sites (tertiary alicyclic amines) is 1. The highest BCUT2D eigenvalue weighted by molar-refractivity contribution is 14.0. The van der Waals surface area contributed by atoms with Crippen molar-refractivity contribution in [2.75, 3.05) is 40.8 Å². The summed E-state index contributed by atoms with van der Waals surface area (Å²) < 4.78 is 41.7. The lowest BCUT2D eigenvalue weighted by Crippen LogP contribution is -2.49. The Kier molecular flexibility index (Phi) is 10.9. The molecule has 0 aromatic heterocycles. The number of piperidine rings is 1. The molecule has 5 nitrogen and oxygen atoms in total. The molecule has 1 fully saturated rings. The van der Waals surface area contributed by atoms with Crippen molar-refractivity contribution in [1.82, 2.24) is 20.4 Å². The summed E-state index contributed by atoms with van der Waals surface area (Å²) in [5.41, 5.74) is 1.15. The number of hydrogen-bond acceptors (Lipinski definition) is 3. The molecule has 1 atom stereocenters. The molecular formula is C24H33F3IN5. The molecule has 33 heavy (non-hydrogen) atoms. The summed E-state index contributed by atoms with van der Waals surface area (Å²) >= 11 is 0. The van der Waals surface area contributed by atoms with E-state index < -0.39 is 17.7 Å². The Morgan fingerprint density at radius 1 is 1.06 bits per heavy atom. The van der Waals surface area contributed by atoms with Crippen LogP contribution in [-0.4, -0.2) is 62.6 Å². The van der Waals surface area contributed by atoms with Crippen LogP contribution in [0.5, 0.6) is 0 Å². The highest BCUT2D eigenvalue weighted by atomic mass is 127. The fraction of sp³-hybridized carbons (Fsp3) is 0.458. The van der Waals surface area contributed by atoms with Gasteiger partial charge in [0.1, 0.15) is 17.5 Å². The number of halogens is 4. The number of guanidine groups is 1. The zero-order valence-corrected chi connectivity index (χ0v) is 21.7. The molecule has 3 rings (SSSR count). The molecule has 1 saturated heterocycles. The lowest BCUT2D eigenvalue weighted by Gasteiger charge is -2.33. The number of likely N-dealkylation sites (N-methyl/N-ethyl adjacent to an activating group) is 1. The molecule has 1 aliphatic rings. The molecule has 0 aliphatic carbocycles. The van der Waals surface area contributed by atoms with Crippen molar-refractivity contribution >= 4 is 29.9 Å². The van der Waals surface area contributed by atoms with E-state index in [2.05, 4.69) is 20.5 Å². The first-order valence-electron chi connectivity index (χ1n) is 10.9. The Morgan fingerprint density at radius 3 is 2.21 bits per heavy atom. The van der Waals surface area contributed by atoms with Crippen LogP contribution in [0.2, 0.25) is 0 Å². The second-order valence-corrected chi connectivity index (χ2v) is 8.39. The molecule has 182 valence electrons. The van der Waals surface area contributed by atoms with Crippen LogP contribution in [0.15, 0.2) is 47.5 Å². The predicted molar refractivity (Wildman–Crippen MR) is 137 cm³/mol. The van der Waals surface area contributed by atoms with E-state index in [1.807, 2.05) is 12.1 Å². The first-order chi connectivity index (χ1) is 15.4. The zero-order valence-electron chi connectivity index (χ0n) is 19.3. The third-order valence-electron chi connectivity index (χ3n) is 5.89. The summed E-state index contributed by atoms with van der Waals surface area (Å²) in [5, 5.41) is 6.65. The average Bonchev–Trinajstić information content (AvgIpc) is 2.77. The van der Waals surface area contributed by atoms with Crippen LogP contribution in [-0.2, 0) is 6.54 Å². The highest BCUT2D eigenvalue weighted by Crippen LogP contribution is 2.24. The maximum Gasteiger partial charge on any atom is 0.191 e. The van der Waals surface area contributed by atoms with Gasteiger partial charge in [-0.2, -0.15) is 0 Å². The summed E-state index contributed by atoms with van der Waals surface area (Å²) in [7, 11) is 5.28. The van der Waals surface area contributed by atoms with Crippen LogP contribution >= 0.6 is 24.0 Å². The van der Waals surface area contributed by atoms with E-state index in [9.17, 15) is 13.2 Å². The zero-order chi connectivity index (χ0) is 23.1. The van der Waals surface area contributed by atoms with E-state index in [1.54, 1.807) is 26.0 Å². The number of nitrogens with one attached hydrogen (secondary N) is 2. The van der Waals surface area contributed by atoms with E-state index in [4.69, 9.17) is 0 Å². The van der Waals surface area contributed by atoms with Gasteiger partial charge < -0.3 is 15.5 Å². The van der Waals surface area contributed by atoms with Gasteiger partial charge in [-0.1, -0.05) is 18.2 Å². The number of aliphatic imine (C=N–C) groups is 1. The molecule has 2 N–H and O–H groups in total. The van der Waals surface area contributed by atoms with Crippen LogP contribution in [0.4, 0.5) is 13.2 Å². The van der Waals surface area contributed by atoms with Crippen molar-refractivity contribution < 1.29 is 13.2 Å². The van der Waals surface area contributed by atoms with Gasteiger partial charge in [-0.05, 0) is 56.8 Å². The minimum Gasteiger partial charge on any atom is -0.354 e. The van der Waals surface area contributed by atoms with Gasteiger partial charge in [-0.3, -0.25) is 9.89 Å². The van der Waals surface area contributed by atoms with Gasteiger partial charge in [-0.25, -0.2) is 13.2 Å². The van der Waals surface area contributed by atoms with Gasteiger partial charge in [-0.15, -0.1) is 24.0 Å². The van der Waals surface area contributed by atoms with Gasteiger partial charge in [0.15, 0.2) is 5.96 Å². The maximum absolute atomic E-state index is 14.3. The molecule has 2 aromatic carbocycles. The Hall–Kier alpha value is -1.85. The van der Waals surface area contributed by atoms with Gasteiger partial charge in [0, 0.05) is 44.8 Å². The van der Waals surface area contributed by atoms with Gasteiger partial charge in [0.2, 0.25) is 0 Å². The van der Waals surface area contributed by atoms with Gasteiger partial charge >= 0.3 is 0 Å². The molecule has 0 bridgehead atoms. The minimum absolute atomic E-state index is 0. The monoisotopic (exact) mass is 575 g/mol. The highest BCUT2D eigenvalue weighted by Gasteiger charge is 2.24. The van der Waals surface area contributed by atoms with Gasteiger partial charge in [0.05, 0.1) is 6.04 Å². The number of rotatable bonds is 7. The standard InChI is InChI=1S/C24H32F3N5.HI/c1-28-24(29-15-22(31(2)3)23-20(26)5-4-6-21(23)27)30-19-11-13-32(14-12-19)16-17-7-9-18(25)10-8-17;/h4-10,19,22H,11-16H2,1-3H3,(H2,28,29,30);1H. The maximum atomic E-state index is 14.3. The first-order valence-corrected chi connectivity index (χ1v) is 10.9. The number of hydrogen-bond donors (Lipinski definition) is 2. The second kappa shape index (κ2) is 13.1. The fourth-order valence-corrected chi connectivity index (χ4v) is 4.04. The van der Waals surface area contributed by atoms with Crippen molar-refractivity contribution in [3.05, 3.63) is 71.0 Å². The Bertz CT molecular complexity index is 879. The van der Waals surface area contributed by atoms with Crippen LogP contribution < -0.4 is 10.6 Å². The fourth-order valence-electron chi connectivity index (χ4n) is 4.04. The molecular weight excluding hydrogens is 542 g/mol. The second-order valence-electron chi connectivity index (χ2n) is 8.39. The Morgan fingerprint density at radius 2 is 1.67 bits per heavy atom. The first kappa shape index (κ1) is 27.4. The topological polar surface area (TPSA) is 42.9 Å². The lowest BCUT2D eigenvalue weighted by molar-refractivity contribution is 0.198. The predicted octanol–water partition coefficient (Wildman–Crippen LogP) is 4.15. The quantitative estimate of drug-likeness (QED) is 0.296. The molecule has 0 saturated carbocycles. The summed E-state index contributed by atoms with van der Waals surface area (Å²) in [6, 6.07) is 10.3. The van der Waals surface area contributed by atoms with Crippen molar-refractivity contribution in [2.24, 2.45) is 4.99 Å². The molecule has 2 aromatic rings. The molecule has 1 heterocycles. The summed E-state index contributed by atoms with van der Waals surface area (Å²) in [6.45, 7) is 2.96. The van der Waals surface area contributed by atoms with Crippen LogP contribution in [0.25, 0.3) is 0 Å². The molecule has 0 spiro atoms. The number of nitrogens with zero attached hydrogens (tertiary/aromatic N) is 3. The normalized spacial score (nSPS) is 16.4. The van der Waals surface area contributed by atoms with Crippen molar-refractivity contribution in [3.63, 3.8) is 0 Å². The van der Waals surface area contributed by atoms with E-state index in [1.165, 1.54) is 30.3 Å². The third kappa shape index (κ3) is 7.86.